The molecule has 0 aliphatic carbocycles. The van der Waals surface area contributed by atoms with Gasteiger partial charge < -0.3 is 5.32 Å². The summed E-state index contributed by atoms with van der Waals surface area (Å²) in [7, 11) is 0. The Bertz CT molecular complexity index is 880. The number of aryl methyl sites for hydroxylation is 1. The highest BCUT2D eigenvalue weighted by Crippen LogP contribution is 2.27. The van der Waals surface area contributed by atoms with Crippen LogP contribution >= 0.6 is 22.9 Å². The molecule has 0 bridgehead atoms. The molecule has 1 fully saturated rings. The van der Waals surface area contributed by atoms with E-state index in [0.717, 1.165) is 36.0 Å². The van der Waals surface area contributed by atoms with Crippen LogP contribution in [0.1, 0.15) is 28.7 Å². The third kappa shape index (κ3) is 3.31. The van der Waals surface area contributed by atoms with Crippen molar-refractivity contribution in [3.05, 3.63) is 50.8 Å². The smallest absolute Gasteiger partial charge is 0.200 e. The molecule has 130 valence electrons. The van der Waals surface area contributed by atoms with Crippen molar-refractivity contribution < 1.29 is 4.39 Å². The van der Waals surface area contributed by atoms with Crippen LogP contribution in [-0.4, -0.2) is 32.8 Å². The fraction of sp³-hybridized carbons (Fsp3) is 0.353. The maximum atomic E-state index is 14.2. The molecule has 8 heteroatoms. The van der Waals surface area contributed by atoms with Crippen molar-refractivity contribution in [2.75, 3.05) is 13.1 Å². The zero-order chi connectivity index (χ0) is 17.4. The molecule has 1 N–H and O–H groups in total. The predicted molar refractivity (Wildman–Crippen MR) is 96.6 cm³/mol. The first kappa shape index (κ1) is 16.6. The zero-order valence-corrected chi connectivity index (χ0v) is 15.2. The summed E-state index contributed by atoms with van der Waals surface area (Å²) in [6.45, 7) is 4.00. The number of aromatic nitrogens is 4. The maximum absolute atomic E-state index is 14.2. The Morgan fingerprint density at radius 1 is 1.40 bits per heavy atom. The van der Waals surface area contributed by atoms with E-state index in [1.165, 1.54) is 6.07 Å². The van der Waals surface area contributed by atoms with E-state index in [2.05, 4.69) is 15.4 Å². The molecule has 1 aliphatic rings. The molecule has 1 saturated heterocycles. The molecule has 3 aromatic rings. The Balaban J connectivity index is 1.75. The molecule has 4 rings (SSSR count). The standard InChI is InChI=1S/C17H17ClFN5S/c1-10-21-15(9-25-10)16-22-17(11-5-6-20-7-11)24(23-16)8-12-13(18)3-2-4-14(12)19/h2-4,9,11,20H,5-8H2,1H3/t11-/m1/s1. The molecule has 0 unspecified atom stereocenters. The number of thiazole rings is 1. The third-order valence-electron chi connectivity index (χ3n) is 4.34. The van der Waals surface area contributed by atoms with Crippen molar-refractivity contribution >= 4 is 22.9 Å². The molecule has 5 nitrogen and oxygen atoms in total. The van der Waals surface area contributed by atoms with Gasteiger partial charge in [0.2, 0.25) is 5.82 Å². The maximum Gasteiger partial charge on any atom is 0.200 e. The third-order valence-corrected chi connectivity index (χ3v) is 5.47. The highest BCUT2D eigenvalue weighted by atomic mass is 35.5. The zero-order valence-electron chi connectivity index (χ0n) is 13.7. The van der Waals surface area contributed by atoms with E-state index in [1.807, 2.05) is 12.3 Å². The predicted octanol–water partition coefficient (Wildman–Crippen LogP) is 3.63. The van der Waals surface area contributed by atoms with Crippen LogP contribution in [0.3, 0.4) is 0 Å². The summed E-state index contributed by atoms with van der Waals surface area (Å²) in [6, 6.07) is 4.71. The summed E-state index contributed by atoms with van der Waals surface area (Å²) in [5.41, 5.74) is 1.19. The van der Waals surface area contributed by atoms with Crippen molar-refractivity contribution in [3.63, 3.8) is 0 Å². The molecule has 0 spiro atoms. The molecule has 1 aliphatic heterocycles. The van der Waals surface area contributed by atoms with Gasteiger partial charge in [0.15, 0.2) is 0 Å². The Labute approximate surface area is 153 Å². The minimum atomic E-state index is -0.329. The Morgan fingerprint density at radius 2 is 2.28 bits per heavy atom. The highest BCUT2D eigenvalue weighted by molar-refractivity contribution is 7.09. The summed E-state index contributed by atoms with van der Waals surface area (Å²) >= 11 is 7.76. The first-order chi connectivity index (χ1) is 12.1. The summed E-state index contributed by atoms with van der Waals surface area (Å²) in [4.78, 5) is 9.19. The van der Waals surface area contributed by atoms with Crippen LogP contribution in [0.5, 0.6) is 0 Å². The Morgan fingerprint density at radius 3 is 2.96 bits per heavy atom. The van der Waals surface area contributed by atoms with Gasteiger partial charge in [-0.25, -0.2) is 19.0 Å². The number of hydrogen-bond acceptors (Lipinski definition) is 5. The fourth-order valence-electron chi connectivity index (χ4n) is 3.06. The highest BCUT2D eigenvalue weighted by Gasteiger charge is 2.25. The van der Waals surface area contributed by atoms with Gasteiger partial charge in [0, 0.05) is 28.4 Å². The lowest BCUT2D eigenvalue weighted by Crippen LogP contribution is -2.15. The molecular formula is C17H17ClFN5S. The molecule has 1 aromatic carbocycles. The van der Waals surface area contributed by atoms with Crippen molar-refractivity contribution in [3.8, 4) is 11.5 Å². The number of nitrogens with one attached hydrogen (secondary N) is 1. The first-order valence-electron chi connectivity index (χ1n) is 8.12. The van der Waals surface area contributed by atoms with E-state index in [1.54, 1.807) is 28.2 Å². The molecule has 0 saturated carbocycles. The van der Waals surface area contributed by atoms with Gasteiger partial charge in [-0.3, -0.25) is 0 Å². The number of benzene rings is 1. The minimum Gasteiger partial charge on any atom is -0.316 e. The molecule has 1 atom stereocenters. The van der Waals surface area contributed by atoms with Crippen LogP contribution in [0, 0.1) is 12.7 Å². The second kappa shape index (κ2) is 6.82. The lowest BCUT2D eigenvalue weighted by atomic mass is 10.1. The average molecular weight is 378 g/mol. The van der Waals surface area contributed by atoms with Crippen molar-refractivity contribution in [2.45, 2.75) is 25.8 Å². The van der Waals surface area contributed by atoms with E-state index in [4.69, 9.17) is 16.6 Å². The quantitative estimate of drug-likeness (QED) is 0.754. The van der Waals surface area contributed by atoms with Gasteiger partial charge in [0.25, 0.3) is 0 Å². The van der Waals surface area contributed by atoms with Crippen LogP contribution in [0.4, 0.5) is 4.39 Å². The number of nitrogens with zero attached hydrogens (tertiary/aromatic N) is 4. The van der Waals surface area contributed by atoms with Gasteiger partial charge >= 0.3 is 0 Å². The van der Waals surface area contributed by atoms with E-state index < -0.39 is 0 Å². The summed E-state index contributed by atoms with van der Waals surface area (Å²) in [5, 5.41) is 11.3. The number of hydrogen-bond donors (Lipinski definition) is 1. The van der Waals surface area contributed by atoms with E-state index >= 15 is 0 Å². The average Bonchev–Trinajstić information content (AvgIpc) is 3.31. The van der Waals surface area contributed by atoms with Crippen LogP contribution < -0.4 is 5.32 Å². The van der Waals surface area contributed by atoms with Gasteiger partial charge in [-0.1, -0.05) is 17.7 Å². The molecule has 0 amide bonds. The molecule has 3 heterocycles. The van der Waals surface area contributed by atoms with Crippen LogP contribution in [0.2, 0.25) is 5.02 Å². The van der Waals surface area contributed by atoms with Gasteiger partial charge in [-0.2, -0.15) is 0 Å². The van der Waals surface area contributed by atoms with Gasteiger partial charge in [0.05, 0.1) is 11.6 Å². The van der Waals surface area contributed by atoms with Crippen LogP contribution in [0.25, 0.3) is 11.5 Å². The van der Waals surface area contributed by atoms with Gasteiger partial charge in [-0.15, -0.1) is 16.4 Å². The number of halogens is 2. The van der Waals surface area contributed by atoms with Crippen LogP contribution in [0.15, 0.2) is 23.6 Å². The van der Waals surface area contributed by atoms with Gasteiger partial charge in [0.1, 0.15) is 17.3 Å². The SMILES string of the molecule is Cc1nc(-c2nc([C@@H]3CCNC3)n(Cc3c(F)cccc3Cl)n2)cs1. The van der Waals surface area contributed by atoms with Crippen molar-refractivity contribution in [1.29, 1.82) is 0 Å². The summed E-state index contributed by atoms with van der Waals surface area (Å²) < 4.78 is 16.0. The first-order valence-corrected chi connectivity index (χ1v) is 9.38. The monoisotopic (exact) mass is 377 g/mol. The lowest BCUT2D eigenvalue weighted by molar-refractivity contribution is 0.553. The lowest BCUT2D eigenvalue weighted by Gasteiger charge is -2.12. The van der Waals surface area contributed by atoms with Crippen molar-refractivity contribution in [2.24, 2.45) is 0 Å². The largest absolute Gasteiger partial charge is 0.316 e. The molecular weight excluding hydrogens is 361 g/mol. The summed E-state index contributed by atoms with van der Waals surface area (Å²) in [6.07, 6.45) is 0.985. The van der Waals surface area contributed by atoms with E-state index in [-0.39, 0.29) is 18.3 Å². The fourth-order valence-corrected chi connectivity index (χ4v) is 3.87. The Kier molecular flexibility index (Phi) is 4.54. The second-order valence-electron chi connectivity index (χ2n) is 6.09. The molecule has 0 radical (unpaired) electrons. The van der Waals surface area contributed by atoms with Gasteiger partial charge in [-0.05, 0) is 32.0 Å². The molecule has 2 aromatic heterocycles. The normalized spacial score (nSPS) is 17.3. The Hall–Kier alpha value is -1.83. The van der Waals surface area contributed by atoms with Crippen LogP contribution in [-0.2, 0) is 6.54 Å². The van der Waals surface area contributed by atoms with E-state index in [9.17, 15) is 4.39 Å². The minimum absolute atomic E-state index is 0.256. The van der Waals surface area contributed by atoms with E-state index in [0.29, 0.717) is 16.4 Å². The summed E-state index contributed by atoms with van der Waals surface area (Å²) in [5.74, 6) is 1.36. The van der Waals surface area contributed by atoms with Crippen molar-refractivity contribution in [1.82, 2.24) is 25.1 Å². The molecule has 25 heavy (non-hydrogen) atoms. The topological polar surface area (TPSA) is 55.6 Å². The number of rotatable bonds is 4. The second-order valence-corrected chi connectivity index (χ2v) is 7.56.